The van der Waals surface area contributed by atoms with E-state index in [9.17, 15) is 4.79 Å². The molecule has 1 N–H and O–H groups in total. The Labute approximate surface area is 135 Å². The monoisotopic (exact) mass is 373 g/mol. The first kappa shape index (κ1) is 15.2. The predicted octanol–water partition coefficient (Wildman–Crippen LogP) is 5.02. The molecule has 2 aromatic rings. The van der Waals surface area contributed by atoms with E-state index >= 15 is 0 Å². The fraction of sp³-hybridized carbons (Fsp3) is 0.0714. The van der Waals surface area contributed by atoms with E-state index in [-0.39, 0.29) is 5.91 Å². The second-order valence-electron chi connectivity index (χ2n) is 3.92. The summed E-state index contributed by atoms with van der Waals surface area (Å²) in [6.07, 6.45) is 0. The van der Waals surface area contributed by atoms with Gasteiger partial charge in [0.05, 0.1) is 23.4 Å². The Morgan fingerprint density at radius 1 is 1.20 bits per heavy atom. The summed E-state index contributed by atoms with van der Waals surface area (Å²) in [6.45, 7) is 0. The Morgan fingerprint density at radius 3 is 2.60 bits per heavy atom. The van der Waals surface area contributed by atoms with Crippen LogP contribution >= 0.6 is 39.1 Å². The maximum absolute atomic E-state index is 12.2. The second kappa shape index (κ2) is 6.48. The van der Waals surface area contributed by atoms with Gasteiger partial charge in [0.15, 0.2) is 0 Å². The number of hydrogen-bond donors (Lipinski definition) is 1. The van der Waals surface area contributed by atoms with Crippen LogP contribution in [-0.4, -0.2) is 13.0 Å². The maximum Gasteiger partial charge on any atom is 0.259 e. The van der Waals surface area contributed by atoms with Gasteiger partial charge in [-0.1, -0.05) is 39.1 Å². The predicted molar refractivity (Wildman–Crippen MR) is 85.1 cm³/mol. The molecule has 0 saturated carbocycles. The average Bonchev–Trinajstić information content (AvgIpc) is 2.41. The smallest absolute Gasteiger partial charge is 0.259 e. The minimum Gasteiger partial charge on any atom is -0.496 e. The quantitative estimate of drug-likeness (QED) is 0.819. The van der Waals surface area contributed by atoms with E-state index in [4.69, 9.17) is 27.9 Å². The van der Waals surface area contributed by atoms with E-state index in [0.29, 0.717) is 27.0 Å². The molecule has 104 valence electrons. The summed E-state index contributed by atoms with van der Waals surface area (Å²) in [6, 6.07) is 10.0. The van der Waals surface area contributed by atoms with Crippen molar-refractivity contribution in [2.24, 2.45) is 0 Å². The molecule has 0 aliphatic rings. The van der Waals surface area contributed by atoms with Crippen LogP contribution in [0.4, 0.5) is 5.69 Å². The van der Waals surface area contributed by atoms with Gasteiger partial charge in [0, 0.05) is 9.50 Å². The molecule has 0 spiro atoms. The minimum atomic E-state index is -0.307. The lowest BCUT2D eigenvalue weighted by Gasteiger charge is -2.11. The molecule has 0 radical (unpaired) electrons. The number of ether oxygens (including phenoxy) is 1. The molecule has 0 atom stereocenters. The van der Waals surface area contributed by atoms with Crippen molar-refractivity contribution < 1.29 is 9.53 Å². The molecule has 0 unspecified atom stereocenters. The summed E-state index contributed by atoms with van der Waals surface area (Å²) in [5.74, 6) is 0.167. The number of carbonyl (C=O) groups excluding carboxylic acids is 1. The van der Waals surface area contributed by atoms with Gasteiger partial charge in [0.1, 0.15) is 5.75 Å². The normalized spacial score (nSPS) is 10.2. The molecule has 2 aromatic carbocycles. The summed E-state index contributed by atoms with van der Waals surface area (Å²) >= 11 is 15.2. The SMILES string of the molecule is COc1cc(Br)ccc1C(=O)Nc1ccc(Cl)cc1Cl. The van der Waals surface area contributed by atoms with E-state index in [0.717, 1.165) is 4.47 Å². The molecule has 2 rings (SSSR count). The van der Waals surface area contributed by atoms with Crippen molar-refractivity contribution in [1.29, 1.82) is 0 Å². The summed E-state index contributed by atoms with van der Waals surface area (Å²) in [5.41, 5.74) is 0.910. The van der Waals surface area contributed by atoms with Gasteiger partial charge >= 0.3 is 0 Å². The molecule has 3 nitrogen and oxygen atoms in total. The topological polar surface area (TPSA) is 38.3 Å². The highest BCUT2D eigenvalue weighted by molar-refractivity contribution is 9.10. The van der Waals surface area contributed by atoms with Crippen molar-refractivity contribution in [3.8, 4) is 5.75 Å². The van der Waals surface area contributed by atoms with Gasteiger partial charge in [-0.3, -0.25) is 4.79 Å². The molecule has 0 aliphatic carbocycles. The Balaban J connectivity index is 2.28. The number of nitrogens with one attached hydrogen (secondary N) is 1. The molecule has 0 saturated heterocycles. The van der Waals surface area contributed by atoms with Crippen molar-refractivity contribution in [2.45, 2.75) is 0 Å². The summed E-state index contributed by atoms with van der Waals surface area (Å²) in [5, 5.41) is 3.61. The number of halogens is 3. The lowest BCUT2D eigenvalue weighted by atomic mass is 10.2. The minimum absolute atomic E-state index is 0.307. The van der Waals surface area contributed by atoms with Crippen LogP contribution in [0.25, 0.3) is 0 Å². The van der Waals surface area contributed by atoms with E-state index in [2.05, 4.69) is 21.2 Å². The zero-order valence-electron chi connectivity index (χ0n) is 10.4. The third kappa shape index (κ3) is 3.45. The van der Waals surface area contributed by atoms with Crippen molar-refractivity contribution >= 4 is 50.7 Å². The summed E-state index contributed by atoms with van der Waals surface area (Å²) < 4.78 is 6.02. The van der Waals surface area contributed by atoms with Gasteiger partial charge in [-0.15, -0.1) is 0 Å². The first-order valence-corrected chi connectivity index (χ1v) is 7.16. The van der Waals surface area contributed by atoms with E-state index < -0.39 is 0 Å². The molecule has 0 heterocycles. The second-order valence-corrected chi connectivity index (χ2v) is 5.68. The van der Waals surface area contributed by atoms with Crippen LogP contribution in [0.5, 0.6) is 5.75 Å². The molecule has 20 heavy (non-hydrogen) atoms. The number of amides is 1. The van der Waals surface area contributed by atoms with Crippen molar-refractivity contribution in [1.82, 2.24) is 0 Å². The molecular formula is C14H10BrCl2NO2. The van der Waals surface area contributed by atoms with Gasteiger partial charge < -0.3 is 10.1 Å². The third-order valence-corrected chi connectivity index (χ3v) is 3.63. The summed E-state index contributed by atoms with van der Waals surface area (Å²) in [4.78, 5) is 12.2. The van der Waals surface area contributed by atoms with Crippen molar-refractivity contribution in [3.05, 3.63) is 56.5 Å². The van der Waals surface area contributed by atoms with E-state index in [1.165, 1.54) is 7.11 Å². The fourth-order valence-electron chi connectivity index (χ4n) is 1.63. The number of methoxy groups -OCH3 is 1. The Bertz CT molecular complexity index is 662. The van der Waals surface area contributed by atoms with Gasteiger partial charge in [-0.05, 0) is 36.4 Å². The maximum atomic E-state index is 12.2. The highest BCUT2D eigenvalue weighted by atomic mass is 79.9. The third-order valence-electron chi connectivity index (χ3n) is 2.59. The van der Waals surface area contributed by atoms with Gasteiger partial charge in [-0.2, -0.15) is 0 Å². The Hall–Kier alpha value is -1.23. The van der Waals surface area contributed by atoms with Crippen LogP contribution < -0.4 is 10.1 Å². The van der Waals surface area contributed by atoms with Crippen LogP contribution in [-0.2, 0) is 0 Å². The average molecular weight is 375 g/mol. The Morgan fingerprint density at radius 2 is 1.95 bits per heavy atom. The lowest BCUT2D eigenvalue weighted by Crippen LogP contribution is -2.13. The zero-order valence-corrected chi connectivity index (χ0v) is 13.5. The molecule has 6 heteroatoms. The standard InChI is InChI=1S/C14H10BrCl2NO2/c1-20-13-6-8(15)2-4-10(13)14(19)18-12-5-3-9(16)7-11(12)17/h2-7H,1H3,(H,18,19). The fourth-order valence-corrected chi connectivity index (χ4v) is 2.43. The van der Waals surface area contributed by atoms with Crippen LogP contribution in [0.15, 0.2) is 40.9 Å². The molecule has 1 amide bonds. The summed E-state index contributed by atoms with van der Waals surface area (Å²) in [7, 11) is 1.51. The molecule has 0 fully saturated rings. The molecule has 0 aromatic heterocycles. The van der Waals surface area contributed by atoms with E-state index in [1.54, 1.807) is 36.4 Å². The van der Waals surface area contributed by atoms with Crippen LogP contribution in [0.3, 0.4) is 0 Å². The van der Waals surface area contributed by atoms with Crippen LogP contribution in [0.2, 0.25) is 10.0 Å². The first-order valence-electron chi connectivity index (χ1n) is 5.61. The van der Waals surface area contributed by atoms with Gasteiger partial charge in [-0.25, -0.2) is 0 Å². The molecular weight excluding hydrogens is 365 g/mol. The lowest BCUT2D eigenvalue weighted by molar-refractivity contribution is 0.102. The number of rotatable bonds is 3. The van der Waals surface area contributed by atoms with Crippen LogP contribution in [0.1, 0.15) is 10.4 Å². The van der Waals surface area contributed by atoms with Crippen molar-refractivity contribution in [3.63, 3.8) is 0 Å². The highest BCUT2D eigenvalue weighted by Crippen LogP contribution is 2.28. The molecule has 0 aliphatic heterocycles. The Kier molecular flexibility index (Phi) is 4.91. The number of anilines is 1. The van der Waals surface area contributed by atoms with Crippen molar-refractivity contribution in [2.75, 3.05) is 12.4 Å². The number of hydrogen-bond acceptors (Lipinski definition) is 2. The van der Waals surface area contributed by atoms with Gasteiger partial charge in [0.2, 0.25) is 0 Å². The van der Waals surface area contributed by atoms with Gasteiger partial charge in [0.25, 0.3) is 5.91 Å². The van der Waals surface area contributed by atoms with Crippen LogP contribution in [0, 0.1) is 0 Å². The molecule has 0 bridgehead atoms. The van der Waals surface area contributed by atoms with E-state index in [1.807, 2.05) is 0 Å². The first-order chi connectivity index (χ1) is 9.51. The zero-order chi connectivity index (χ0) is 14.7. The number of carbonyl (C=O) groups is 1. The highest BCUT2D eigenvalue weighted by Gasteiger charge is 2.14. The number of benzene rings is 2. The largest absolute Gasteiger partial charge is 0.496 e.